The van der Waals surface area contributed by atoms with Crippen molar-refractivity contribution >= 4 is 45.2 Å². The first-order valence-electron chi connectivity index (χ1n) is 9.15. The van der Waals surface area contributed by atoms with E-state index in [4.69, 9.17) is 4.74 Å². The molecule has 0 aliphatic carbocycles. The number of thiophene rings is 1. The van der Waals surface area contributed by atoms with Crippen LogP contribution in [0.1, 0.15) is 36.0 Å². The summed E-state index contributed by atoms with van der Waals surface area (Å²) < 4.78 is 5.20. The Morgan fingerprint density at radius 1 is 1.30 bits per heavy atom. The predicted molar refractivity (Wildman–Crippen MR) is 108 cm³/mol. The van der Waals surface area contributed by atoms with Crippen LogP contribution in [-0.2, 0) is 14.3 Å². The van der Waals surface area contributed by atoms with Crippen LogP contribution in [0.2, 0.25) is 0 Å². The molecule has 1 amide bonds. The number of piperidine rings is 1. The highest BCUT2D eigenvalue weighted by Crippen LogP contribution is 2.35. The Bertz CT molecular complexity index is 865. The number of esters is 1. The number of rotatable bonds is 5. The summed E-state index contributed by atoms with van der Waals surface area (Å²) in [5, 5.41) is 1.81. The van der Waals surface area contributed by atoms with Crippen LogP contribution in [-0.4, -0.2) is 52.2 Å². The predicted octanol–water partition coefficient (Wildman–Crippen LogP) is 3.51. The number of aromatic nitrogens is 2. The smallest absolute Gasteiger partial charge is 0.316 e. The molecule has 2 aromatic rings. The number of fused-ring (bicyclic) bond motifs is 1. The van der Waals surface area contributed by atoms with Crippen LogP contribution in [0.25, 0.3) is 10.2 Å². The zero-order valence-corrected chi connectivity index (χ0v) is 17.8. The first-order chi connectivity index (χ1) is 12.8. The van der Waals surface area contributed by atoms with Crippen LogP contribution in [0, 0.1) is 26.7 Å². The molecule has 27 heavy (non-hydrogen) atoms. The van der Waals surface area contributed by atoms with E-state index in [0.29, 0.717) is 11.7 Å². The summed E-state index contributed by atoms with van der Waals surface area (Å²) in [7, 11) is 0. The third kappa shape index (κ3) is 4.79. The van der Waals surface area contributed by atoms with Crippen LogP contribution in [0.5, 0.6) is 0 Å². The van der Waals surface area contributed by atoms with E-state index in [1.165, 1.54) is 16.6 Å². The van der Waals surface area contributed by atoms with E-state index >= 15 is 0 Å². The minimum atomic E-state index is -0.396. The molecule has 0 aromatic carbocycles. The lowest BCUT2D eigenvalue weighted by atomic mass is 10.0. The van der Waals surface area contributed by atoms with Gasteiger partial charge in [0.2, 0.25) is 0 Å². The van der Waals surface area contributed by atoms with Gasteiger partial charge in [-0.3, -0.25) is 9.59 Å². The van der Waals surface area contributed by atoms with Crippen LogP contribution >= 0.6 is 23.1 Å². The zero-order chi connectivity index (χ0) is 19.6. The molecule has 3 rings (SSSR count). The fraction of sp³-hybridized carbons (Fsp3) is 0.579. The van der Waals surface area contributed by atoms with Gasteiger partial charge >= 0.3 is 5.97 Å². The molecule has 0 radical (unpaired) electrons. The zero-order valence-electron chi connectivity index (χ0n) is 16.2. The fourth-order valence-electron chi connectivity index (χ4n) is 3.24. The monoisotopic (exact) mass is 407 g/mol. The van der Waals surface area contributed by atoms with E-state index in [0.717, 1.165) is 46.7 Å². The van der Waals surface area contributed by atoms with Gasteiger partial charge in [-0.1, -0.05) is 18.7 Å². The summed E-state index contributed by atoms with van der Waals surface area (Å²) in [4.78, 5) is 37.3. The number of aryl methyl sites for hydroxylation is 3. The second-order valence-electron chi connectivity index (χ2n) is 7.08. The summed E-state index contributed by atoms with van der Waals surface area (Å²) in [6, 6.07) is 0. The molecule has 0 N–H and O–H groups in total. The second kappa shape index (κ2) is 8.56. The number of thioether (sulfide) groups is 1. The molecule has 0 spiro atoms. The van der Waals surface area contributed by atoms with Crippen LogP contribution in [0.15, 0.2) is 5.03 Å². The van der Waals surface area contributed by atoms with Crippen LogP contribution in [0.3, 0.4) is 0 Å². The van der Waals surface area contributed by atoms with E-state index in [1.807, 2.05) is 13.8 Å². The van der Waals surface area contributed by atoms with Gasteiger partial charge in [-0.2, -0.15) is 0 Å². The summed E-state index contributed by atoms with van der Waals surface area (Å²) in [6.07, 6.45) is 2.16. The minimum Gasteiger partial charge on any atom is -0.455 e. The third-order valence-electron chi connectivity index (χ3n) is 4.80. The van der Waals surface area contributed by atoms with Crippen molar-refractivity contribution < 1.29 is 14.3 Å². The summed E-state index contributed by atoms with van der Waals surface area (Å²) in [5.74, 6) is 0.824. The number of amides is 1. The van der Waals surface area contributed by atoms with Crippen molar-refractivity contribution in [2.75, 3.05) is 25.4 Å². The molecule has 1 aliphatic heterocycles. The molecule has 1 fully saturated rings. The molecule has 146 valence electrons. The Kier molecular flexibility index (Phi) is 6.37. The average Bonchev–Trinajstić information content (AvgIpc) is 2.91. The normalized spacial score (nSPS) is 17.3. The van der Waals surface area contributed by atoms with E-state index in [9.17, 15) is 9.59 Å². The molecule has 0 bridgehead atoms. The topological polar surface area (TPSA) is 72.4 Å². The number of hydrogen-bond donors (Lipinski definition) is 0. The minimum absolute atomic E-state index is 0.107. The van der Waals surface area contributed by atoms with E-state index < -0.39 is 5.97 Å². The maximum absolute atomic E-state index is 12.2. The van der Waals surface area contributed by atoms with Gasteiger partial charge in [-0.15, -0.1) is 11.3 Å². The maximum Gasteiger partial charge on any atom is 0.316 e. The SMILES string of the molecule is Cc1nc(SCC(=O)OCC(=O)N2CCC[C@H](C)C2)c2c(C)c(C)sc2n1. The van der Waals surface area contributed by atoms with Gasteiger partial charge in [0, 0.05) is 23.4 Å². The quantitative estimate of drug-likeness (QED) is 0.429. The molecule has 1 saturated heterocycles. The third-order valence-corrected chi connectivity index (χ3v) is 6.85. The highest BCUT2D eigenvalue weighted by Gasteiger charge is 2.22. The van der Waals surface area contributed by atoms with Crippen molar-refractivity contribution in [1.82, 2.24) is 14.9 Å². The number of carbonyl (C=O) groups is 2. The van der Waals surface area contributed by atoms with Gasteiger partial charge in [0.25, 0.3) is 5.91 Å². The van der Waals surface area contributed by atoms with Gasteiger partial charge in [-0.25, -0.2) is 9.97 Å². The van der Waals surface area contributed by atoms with Crippen molar-refractivity contribution in [3.63, 3.8) is 0 Å². The summed E-state index contributed by atoms with van der Waals surface area (Å²) >= 11 is 2.98. The Morgan fingerprint density at radius 2 is 2.07 bits per heavy atom. The van der Waals surface area contributed by atoms with Crippen LogP contribution in [0.4, 0.5) is 0 Å². The molecule has 0 unspecified atom stereocenters. The lowest BCUT2D eigenvalue weighted by molar-refractivity contribution is -0.150. The first kappa shape index (κ1) is 20.1. The fourth-order valence-corrected chi connectivity index (χ4v) is 5.31. The molecular formula is C19H25N3O3S2. The first-order valence-corrected chi connectivity index (χ1v) is 11.0. The molecule has 6 nitrogen and oxygen atoms in total. The maximum atomic E-state index is 12.2. The van der Waals surface area contributed by atoms with Crippen molar-refractivity contribution in [3.05, 3.63) is 16.3 Å². The molecule has 8 heteroatoms. The summed E-state index contributed by atoms with van der Waals surface area (Å²) in [5.41, 5.74) is 1.15. The number of hydrogen-bond acceptors (Lipinski definition) is 7. The Morgan fingerprint density at radius 3 is 2.81 bits per heavy atom. The average molecular weight is 408 g/mol. The van der Waals surface area contributed by atoms with Gasteiger partial charge < -0.3 is 9.64 Å². The second-order valence-corrected chi connectivity index (χ2v) is 9.24. The number of ether oxygens (including phenoxy) is 1. The van der Waals surface area contributed by atoms with E-state index in [-0.39, 0.29) is 18.3 Å². The number of carbonyl (C=O) groups excluding carboxylic acids is 2. The molecule has 2 aromatic heterocycles. The number of nitrogens with zero attached hydrogens (tertiary/aromatic N) is 3. The molecule has 1 atom stereocenters. The molecule has 3 heterocycles. The lowest BCUT2D eigenvalue weighted by Gasteiger charge is -2.30. The van der Waals surface area contributed by atoms with Gasteiger partial charge in [0.1, 0.15) is 15.7 Å². The molecular weight excluding hydrogens is 382 g/mol. The Balaban J connectivity index is 1.56. The van der Waals surface area contributed by atoms with E-state index in [1.54, 1.807) is 16.2 Å². The van der Waals surface area contributed by atoms with E-state index in [2.05, 4.69) is 23.8 Å². The van der Waals surface area contributed by atoms with Crippen molar-refractivity contribution in [2.24, 2.45) is 5.92 Å². The highest BCUT2D eigenvalue weighted by atomic mass is 32.2. The van der Waals surface area contributed by atoms with Crippen molar-refractivity contribution in [1.29, 1.82) is 0 Å². The summed E-state index contributed by atoms with van der Waals surface area (Å²) in [6.45, 7) is 9.43. The Labute approximate surface area is 167 Å². The lowest BCUT2D eigenvalue weighted by Crippen LogP contribution is -2.41. The standard InChI is InChI=1S/C19H25N3O3S2/c1-11-6-5-7-22(8-11)15(23)9-25-16(24)10-26-18-17-12(2)13(3)27-19(17)21-14(4)20-18/h11H,5-10H2,1-4H3/t11-/m0/s1. The highest BCUT2D eigenvalue weighted by molar-refractivity contribution is 8.00. The van der Waals surface area contributed by atoms with Gasteiger partial charge in [0.15, 0.2) is 6.61 Å². The van der Waals surface area contributed by atoms with Gasteiger partial charge in [-0.05, 0) is 45.1 Å². The Hall–Kier alpha value is -1.67. The van der Waals surface area contributed by atoms with Crippen molar-refractivity contribution in [2.45, 2.75) is 45.6 Å². The molecule has 1 aliphatic rings. The van der Waals surface area contributed by atoms with Crippen molar-refractivity contribution in [3.8, 4) is 0 Å². The largest absolute Gasteiger partial charge is 0.455 e. The van der Waals surface area contributed by atoms with Gasteiger partial charge in [0.05, 0.1) is 5.75 Å². The number of likely N-dealkylation sites (tertiary alicyclic amines) is 1. The van der Waals surface area contributed by atoms with Crippen LogP contribution < -0.4 is 0 Å². The molecule has 0 saturated carbocycles.